The highest BCUT2D eigenvalue weighted by Crippen LogP contribution is 2.46. The van der Waals surface area contributed by atoms with Gasteiger partial charge in [-0.3, -0.25) is 9.67 Å². The van der Waals surface area contributed by atoms with Crippen LogP contribution in [0.25, 0.3) is 39.1 Å². The van der Waals surface area contributed by atoms with Crippen molar-refractivity contribution in [2.24, 2.45) is 0 Å². The van der Waals surface area contributed by atoms with E-state index in [9.17, 15) is 5.11 Å². The first kappa shape index (κ1) is 20.6. The van der Waals surface area contributed by atoms with E-state index in [4.69, 9.17) is 9.26 Å². The lowest BCUT2D eigenvalue weighted by atomic mass is 9.85. The van der Waals surface area contributed by atoms with E-state index in [1.807, 2.05) is 59.2 Å². The number of benzene rings is 2. The standard InChI is InChI=1S/C27H26N4O3/c1-33-21-13-9-18(10-14-21)24-23-25(29-28-24)27(32)31(26(23)19-5-3-2-4-6-19)20-11-7-17(8-12-20)22-15-16-34-30-22/h7-16,19,29,32H,2-6H2,1H3. The van der Waals surface area contributed by atoms with Crippen LogP contribution < -0.4 is 4.74 Å². The number of aromatic nitrogens is 4. The molecule has 1 aliphatic carbocycles. The second kappa shape index (κ2) is 8.41. The zero-order valence-electron chi connectivity index (χ0n) is 19.0. The number of aromatic amines is 1. The molecule has 172 valence electrons. The van der Waals surface area contributed by atoms with Crippen LogP contribution in [0.5, 0.6) is 11.6 Å². The van der Waals surface area contributed by atoms with E-state index < -0.39 is 0 Å². The predicted molar refractivity (Wildman–Crippen MR) is 130 cm³/mol. The third kappa shape index (κ3) is 3.36. The molecule has 0 amide bonds. The van der Waals surface area contributed by atoms with Crippen LogP contribution in [0.2, 0.25) is 0 Å². The zero-order chi connectivity index (χ0) is 23.1. The van der Waals surface area contributed by atoms with Crippen molar-refractivity contribution >= 4 is 10.9 Å². The van der Waals surface area contributed by atoms with Gasteiger partial charge in [-0.1, -0.05) is 36.6 Å². The summed E-state index contributed by atoms with van der Waals surface area (Å²) in [6.45, 7) is 0. The molecule has 3 heterocycles. The fourth-order valence-corrected chi connectivity index (χ4v) is 5.22. The summed E-state index contributed by atoms with van der Waals surface area (Å²) in [6.07, 6.45) is 7.41. The quantitative estimate of drug-likeness (QED) is 0.319. The van der Waals surface area contributed by atoms with Crippen LogP contribution in [0, 0.1) is 0 Å². The Morgan fingerprint density at radius 1 is 0.971 bits per heavy atom. The van der Waals surface area contributed by atoms with Crippen molar-refractivity contribution in [3.8, 4) is 39.8 Å². The smallest absolute Gasteiger partial charge is 0.222 e. The summed E-state index contributed by atoms with van der Waals surface area (Å²) < 4.78 is 12.3. The normalized spacial score (nSPS) is 14.6. The van der Waals surface area contributed by atoms with Crippen LogP contribution in [0.15, 0.2) is 65.4 Å². The fourth-order valence-electron chi connectivity index (χ4n) is 5.22. The van der Waals surface area contributed by atoms with Gasteiger partial charge >= 0.3 is 0 Å². The maximum Gasteiger partial charge on any atom is 0.222 e. The van der Waals surface area contributed by atoms with Gasteiger partial charge in [0.15, 0.2) is 0 Å². The highest BCUT2D eigenvalue weighted by atomic mass is 16.5. The van der Waals surface area contributed by atoms with Crippen LogP contribution >= 0.6 is 0 Å². The fraction of sp³-hybridized carbons (Fsp3) is 0.259. The van der Waals surface area contributed by atoms with Crippen molar-refractivity contribution in [2.75, 3.05) is 7.11 Å². The second-order valence-electron chi connectivity index (χ2n) is 8.86. The number of rotatable bonds is 5. The molecule has 6 rings (SSSR count). The molecule has 34 heavy (non-hydrogen) atoms. The number of nitrogens with zero attached hydrogens (tertiary/aromatic N) is 3. The largest absolute Gasteiger partial charge is 0.497 e. The molecule has 5 aromatic rings. The Morgan fingerprint density at radius 3 is 2.38 bits per heavy atom. The zero-order valence-corrected chi connectivity index (χ0v) is 19.0. The Balaban J connectivity index is 1.53. The molecular weight excluding hydrogens is 428 g/mol. The van der Waals surface area contributed by atoms with Crippen LogP contribution in [0.4, 0.5) is 0 Å². The summed E-state index contributed by atoms with van der Waals surface area (Å²) in [4.78, 5) is 0. The molecule has 0 bridgehead atoms. The van der Waals surface area contributed by atoms with Gasteiger partial charge in [-0.15, -0.1) is 0 Å². The Labute approximate surface area is 197 Å². The number of hydrogen-bond acceptors (Lipinski definition) is 5. The molecular formula is C27H26N4O3. The second-order valence-corrected chi connectivity index (χ2v) is 8.86. The van der Waals surface area contributed by atoms with Gasteiger partial charge in [-0.25, -0.2) is 0 Å². The highest BCUT2D eigenvalue weighted by Gasteiger charge is 2.29. The molecule has 0 unspecified atom stereocenters. The molecule has 7 heteroatoms. The van der Waals surface area contributed by atoms with Crippen molar-refractivity contribution in [1.82, 2.24) is 19.9 Å². The number of ether oxygens (including phenoxy) is 1. The Morgan fingerprint density at radius 2 is 1.71 bits per heavy atom. The summed E-state index contributed by atoms with van der Waals surface area (Å²) in [7, 11) is 1.66. The monoisotopic (exact) mass is 454 g/mol. The summed E-state index contributed by atoms with van der Waals surface area (Å²) in [6, 6.07) is 17.8. The molecule has 0 saturated heterocycles. The number of aromatic hydroxyl groups is 1. The molecule has 0 aliphatic heterocycles. The molecule has 2 aromatic carbocycles. The number of fused-ring (bicyclic) bond motifs is 1. The molecule has 1 aliphatic rings. The van der Waals surface area contributed by atoms with Crippen molar-refractivity contribution in [3.05, 3.63) is 66.6 Å². The SMILES string of the molecule is COc1ccc(-c2n[nH]c3c(O)n(-c4ccc(-c5ccon5)cc4)c(C4CCCCC4)c23)cc1. The van der Waals surface area contributed by atoms with Crippen LogP contribution in [-0.2, 0) is 0 Å². The van der Waals surface area contributed by atoms with E-state index in [0.717, 1.165) is 57.9 Å². The highest BCUT2D eigenvalue weighted by molar-refractivity contribution is 5.99. The minimum atomic E-state index is 0.192. The molecule has 0 atom stereocenters. The lowest BCUT2D eigenvalue weighted by molar-refractivity contribution is 0.414. The van der Waals surface area contributed by atoms with Crippen LogP contribution in [0.1, 0.15) is 43.7 Å². The van der Waals surface area contributed by atoms with E-state index in [2.05, 4.69) is 15.4 Å². The van der Waals surface area contributed by atoms with Crippen LogP contribution in [-0.4, -0.2) is 32.1 Å². The molecule has 1 fully saturated rings. The number of nitrogens with one attached hydrogen (secondary N) is 1. The van der Waals surface area contributed by atoms with Gasteiger partial charge in [-0.2, -0.15) is 5.10 Å². The summed E-state index contributed by atoms with van der Waals surface area (Å²) in [5.41, 5.74) is 6.31. The summed E-state index contributed by atoms with van der Waals surface area (Å²) >= 11 is 0. The van der Waals surface area contributed by atoms with Gasteiger partial charge in [-0.05, 0) is 49.2 Å². The van der Waals surface area contributed by atoms with Crippen molar-refractivity contribution < 1.29 is 14.4 Å². The predicted octanol–water partition coefficient (Wildman–Crippen LogP) is 6.44. The minimum absolute atomic E-state index is 0.192. The molecule has 2 N–H and O–H groups in total. The third-order valence-electron chi connectivity index (χ3n) is 6.91. The van der Waals surface area contributed by atoms with Gasteiger partial charge in [0.05, 0.1) is 12.5 Å². The average molecular weight is 455 g/mol. The molecule has 0 radical (unpaired) electrons. The summed E-state index contributed by atoms with van der Waals surface area (Å²) in [5, 5.41) is 24.2. The Bertz CT molecular complexity index is 1410. The first-order chi connectivity index (χ1) is 16.7. The van der Waals surface area contributed by atoms with Gasteiger partial charge in [0.25, 0.3) is 0 Å². The number of hydrogen-bond donors (Lipinski definition) is 2. The molecule has 0 spiro atoms. The molecule has 1 saturated carbocycles. The average Bonchev–Trinajstić information content (AvgIpc) is 3.63. The Hall–Kier alpha value is -4.00. The van der Waals surface area contributed by atoms with E-state index in [0.29, 0.717) is 11.4 Å². The maximum atomic E-state index is 11.4. The first-order valence-corrected chi connectivity index (χ1v) is 11.7. The van der Waals surface area contributed by atoms with E-state index >= 15 is 0 Å². The van der Waals surface area contributed by atoms with E-state index in [1.54, 1.807) is 13.4 Å². The van der Waals surface area contributed by atoms with Crippen molar-refractivity contribution in [3.63, 3.8) is 0 Å². The number of H-pyrrole nitrogens is 1. The molecule has 3 aromatic heterocycles. The summed E-state index contributed by atoms with van der Waals surface area (Å²) in [5.74, 6) is 1.34. The van der Waals surface area contributed by atoms with Gasteiger partial charge in [0, 0.05) is 34.5 Å². The van der Waals surface area contributed by atoms with Gasteiger partial charge in [0.2, 0.25) is 5.88 Å². The van der Waals surface area contributed by atoms with Gasteiger partial charge < -0.3 is 14.4 Å². The minimum Gasteiger partial charge on any atom is -0.497 e. The van der Waals surface area contributed by atoms with E-state index in [-0.39, 0.29) is 5.88 Å². The maximum absolute atomic E-state index is 11.4. The third-order valence-corrected chi connectivity index (χ3v) is 6.91. The lowest BCUT2D eigenvalue weighted by Crippen LogP contribution is -2.10. The number of methoxy groups -OCH3 is 1. The van der Waals surface area contributed by atoms with Crippen molar-refractivity contribution in [1.29, 1.82) is 0 Å². The Kier molecular flexibility index (Phi) is 5.09. The van der Waals surface area contributed by atoms with E-state index in [1.165, 1.54) is 19.3 Å². The topological polar surface area (TPSA) is 89.1 Å². The molecule has 7 nitrogen and oxygen atoms in total. The van der Waals surface area contributed by atoms with Crippen molar-refractivity contribution in [2.45, 2.75) is 38.0 Å². The lowest BCUT2D eigenvalue weighted by Gasteiger charge is -2.24. The first-order valence-electron chi connectivity index (χ1n) is 11.7. The van der Waals surface area contributed by atoms with Gasteiger partial charge in [0.1, 0.15) is 28.9 Å². The van der Waals surface area contributed by atoms with Crippen LogP contribution in [0.3, 0.4) is 0 Å².